The number of allylic oxidation sites excluding steroid dienone is 2. The van der Waals surface area contributed by atoms with E-state index in [-0.39, 0.29) is 29.8 Å². The first-order chi connectivity index (χ1) is 9.97. The Morgan fingerprint density at radius 3 is 2.81 bits per heavy atom. The summed E-state index contributed by atoms with van der Waals surface area (Å²) in [6.45, 7) is 6.36. The van der Waals surface area contributed by atoms with Crippen molar-refractivity contribution in [2.75, 3.05) is 0 Å². The van der Waals surface area contributed by atoms with Crippen molar-refractivity contribution in [1.29, 1.82) is 0 Å². The van der Waals surface area contributed by atoms with Crippen LogP contribution in [-0.2, 0) is 9.59 Å². The monoisotopic (exact) mass is 287 g/mol. The van der Waals surface area contributed by atoms with Gasteiger partial charge < -0.3 is 0 Å². The van der Waals surface area contributed by atoms with Crippen LogP contribution in [0, 0.1) is 11.8 Å². The van der Waals surface area contributed by atoms with Crippen LogP contribution in [0.15, 0.2) is 28.9 Å². The number of nitrogens with one attached hydrogen (secondary N) is 1. The van der Waals surface area contributed by atoms with Gasteiger partial charge in [-0.1, -0.05) is 32.1 Å². The number of hydrogen-bond acceptors (Lipinski definition) is 4. The molecule has 0 aromatic carbocycles. The molecule has 3 unspecified atom stereocenters. The highest BCUT2D eigenvalue weighted by molar-refractivity contribution is 6.00. The van der Waals surface area contributed by atoms with Gasteiger partial charge in [0.1, 0.15) is 6.04 Å². The highest BCUT2D eigenvalue weighted by Gasteiger charge is 2.42. The maximum atomic E-state index is 12.1. The van der Waals surface area contributed by atoms with E-state index in [9.17, 15) is 9.59 Å². The van der Waals surface area contributed by atoms with E-state index in [0.717, 1.165) is 5.71 Å². The van der Waals surface area contributed by atoms with Crippen molar-refractivity contribution in [3.63, 3.8) is 0 Å². The molecule has 0 aromatic heterocycles. The summed E-state index contributed by atoms with van der Waals surface area (Å²) in [5, 5.41) is 8.90. The van der Waals surface area contributed by atoms with Crippen molar-refractivity contribution in [2.45, 2.75) is 45.7 Å². The number of carbonyl (C=O) groups excluding carboxylic acids is 2. The minimum atomic E-state index is -0.341. The van der Waals surface area contributed by atoms with Crippen LogP contribution >= 0.6 is 0 Å². The number of nitrogens with zero attached hydrogens (tertiary/aromatic N) is 2. The fraction of sp³-hybridized carbons (Fsp3) is 0.562. The molecule has 0 aromatic rings. The van der Waals surface area contributed by atoms with E-state index in [2.05, 4.69) is 42.5 Å². The van der Waals surface area contributed by atoms with E-state index in [1.54, 1.807) is 0 Å². The first-order valence-corrected chi connectivity index (χ1v) is 7.54. The molecule has 3 atom stereocenters. The van der Waals surface area contributed by atoms with Crippen LogP contribution in [-0.4, -0.2) is 34.6 Å². The van der Waals surface area contributed by atoms with Gasteiger partial charge in [0.05, 0.1) is 6.04 Å². The summed E-state index contributed by atoms with van der Waals surface area (Å²) in [5.41, 5.74) is 2.35. The number of amides is 2. The molecule has 3 rings (SSSR count). The summed E-state index contributed by atoms with van der Waals surface area (Å²) < 4.78 is 0. The Balaban J connectivity index is 1.83. The quantitative estimate of drug-likeness (QED) is 0.785. The fourth-order valence-corrected chi connectivity index (χ4v) is 3.22. The van der Waals surface area contributed by atoms with Crippen molar-refractivity contribution < 1.29 is 9.59 Å². The Hall–Kier alpha value is -1.91. The molecule has 1 aliphatic carbocycles. The van der Waals surface area contributed by atoms with Crippen LogP contribution in [0.5, 0.6) is 0 Å². The average molecular weight is 287 g/mol. The maximum Gasteiger partial charge on any atom is 0.251 e. The summed E-state index contributed by atoms with van der Waals surface area (Å²) in [5.74, 6) is 0.307. The molecule has 0 saturated carbocycles. The third-order valence-corrected chi connectivity index (χ3v) is 4.48. The zero-order valence-corrected chi connectivity index (χ0v) is 12.7. The van der Waals surface area contributed by atoms with Gasteiger partial charge in [-0.2, -0.15) is 5.10 Å². The van der Waals surface area contributed by atoms with Gasteiger partial charge in [0, 0.05) is 18.1 Å². The molecular formula is C16H21N3O2. The largest absolute Gasteiger partial charge is 0.295 e. The zero-order valence-electron chi connectivity index (χ0n) is 12.7. The van der Waals surface area contributed by atoms with Crippen LogP contribution in [0.4, 0.5) is 0 Å². The van der Waals surface area contributed by atoms with E-state index in [4.69, 9.17) is 0 Å². The van der Waals surface area contributed by atoms with Gasteiger partial charge in [-0.05, 0) is 24.8 Å². The van der Waals surface area contributed by atoms with Crippen molar-refractivity contribution in [1.82, 2.24) is 10.3 Å². The van der Waals surface area contributed by atoms with Crippen molar-refractivity contribution >= 4 is 17.5 Å². The molecule has 0 bridgehead atoms. The number of imide groups is 1. The molecule has 2 heterocycles. The number of fused-ring (bicyclic) bond motifs is 1. The minimum Gasteiger partial charge on any atom is -0.295 e. The number of rotatable bonds is 2. The molecule has 1 saturated heterocycles. The Morgan fingerprint density at radius 1 is 1.38 bits per heavy atom. The van der Waals surface area contributed by atoms with Crippen LogP contribution in [0.25, 0.3) is 0 Å². The second-order valence-corrected chi connectivity index (χ2v) is 6.29. The lowest BCUT2D eigenvalue weighted by molar-refractivity contribution is -0.137. The summed E-state index contributed by atoms with van der Waals surface area (Å²) in [7, 11) is 0. The minimum absolute atomic E-state index is 0.0939. The molecule has 21 heavy (non-hydrogen) atoms. The lowest BCUT2D eigenvalue weighted by Gasteiger charge is -2.34. The molecule has 5 nitrogen and oxygen atoms in total. The predicted octanol–water partition coefficient (Wildman–Crippen LogP) is 1.62. The summed E-state index contributed by atoms with van der Waals surface area (Å²) >= 11 is 0. The SMILES string of the molecule is CC1=NN(C2CCC(=O)NC2=O)C2C=CC(C(C)C)=CC12. The van der Waals surface area contributed by atoms with Crippen molar-refractivity contribution in [3.8, 4) is 0 Å². The van der Waals surface area contributed by atoms with Gasteiger partial charge >= 0.3 is 0 Å². The highest BCUT2D eigenvalue weighted by Crippen LogP contribution is 2.34. The second kappa shape index (κ2) is 5.13. The molecule has 5 heteroatoms. The first kappa shape index (κ1) is 14.0. The Kier molecular flexibility index (Phi) is 3.43. The van der Waals surface area contributed by atoms with E-state index < -0.39 is 0 Å². The van der Waals surface area contributed by atoms with Crippen LogP contribution < -0.4 is 5.32 Å². The number of hydrogen-bond donors (Lipinski definition) is 1. The fourth-order valence-electron chi connectivity index (χ4n) is 3.22. The molecule has 3 aliphatic rings. The number of hydrazone groups is 1. The normalized spacial score (nSPS) is 32.0. The van der Waals surface area contributed by atoms with Crippen molar-refractivity contribution in [3.05, 3.63) is 23.8 Å². The van der Waals surface area contributed by atoms with E-state index in [1.165, 1.54) is 5.57 Å². The number of carbonyl (C=O) groups is 2. The second-order valence-electron chi connectivity index (χ2n) is 6.29. The predicted molar refractivity (Wildman–Crippen MR) is 80.5 cm³/mol. The smallest absolute Gasteiger partial charge is 0.251 e. The van der Waals surface area contributed by atoms with E-state index >= 15 is 0 Å². The van der Waals surface area contributed by atoms with Gasteiger partial charge in [0.25, 0.3) is 5.91 Å². The van der Waals surface area contributed by atoms with Crippen LogP contribution in [0.3, 0.4) is 0 Å². The summed E-state index contributed by atoms with van der Waals surface area (Å²) in [6, 6.07) is -0.247. The maximum absolute atomic E-state index is 12.1. The van der Waals surface area contributed by atoms with Gasteiger partial charge in [-0.3, -0.25) is 19.9 Å². The van der Waals surface area contributed by atoms with Gasteiger partial charge in [-0.15, -0.1) is 0 Å². The Labute approximate surface area is 124 Å². The first-order valence-electron chi connectivity index (χ1n) is 7.54. The van der Waals surface area contributed by atoms with Crippen LogP contribution in [0.2, 0.25) is 0 Å². The van der Waals surface area contributed by atoms with Gasteiger partial charge in [0.15, 0.2) is 0 Å². The Bertz CT molecular complexity index is 574. The van der Waals surface area contributed by atoms with Crippen LogP contribution in [0.1, 0.15) is 33.6 Å². The molecule has 0 spiro atoms. The molecule has 112 valence electrons. The van der Waals surface area contributed by atoms with Crippen molar-refractivity contribution in [2.24, 2.45) is 16.9 Å². The molecule has 2 amide bonds. The lowest BCUT2D eigenvalue weighted by atomic mass is 9.85. The molecule has 2 aliphatic heterocycles. The van der Waals surface area contributed by atoms with Gasteiger partial charge in [0.2, 0.25) is 5.91 Å². The third-order valence-electron chi connectivity index (χ3n) is 4.48. The average Bonchev–Trinajstić information content (AvgIpc) is 2.75. The van der Waals surface area contributed by atoms with E-state index in [1.807, 2.05) is 11.9 Å². The molecule has 1 N–H and O–H groups in total. The topological polar surface area (TPSA) is 61.8 Å². The summed E-state index contributed by atoms with van der Waals surface area (Å²) in [4.78, 5) is 23.4. The summed E-state index contributed by atoms with van der Waals surface area (Å²) in [6.07, 6.45) is 7.47. The lowest BCUT2D eigenvalue weighted by Crippen LogP contribution is -2.53. The Morgan fingerprint density at radius 2 is 2.14 bits per heavy atom. The highest BCUT2D eigenvalue weighted by atomic mass is 16.2. The molecule has 0 radical (unpaired) electrons. The zero-order chi connectivity index (χ0) is 15.1. The number of piperidine rings is 1. The third kappa shape index (κ3) is 2.41. The van der Waals surface area contributed by atoms with Gasteiger partial charge in [-0.25, -0.2) is 0 Å². The standard InChI is InChI=1S/C16H21N3O2/c1-9(2)11-4-5-13-12(8-11)10(3)18-19(13)14-6-7-15(20)17-16(14)21/h4-5,8-9,12-14H,6-7H2,1-3H3,(H,17,20,21). The molecule has 1 fully saturated rings. The molecular weight excluding hydrogens is 266 g/mol. The van der Waals surface area contributed by atoms with E-state index in [0.29, 0.717) is 18.8 Å².